The molecule has 2 nitrogen and oxygen atoms in total. The average molecular weight is 191 g/mol. The summed E-state index contributed by atoms with van der Waals surface area (Å²) in [6.07, 6.45) is 1.87. The first-order chi connectivity index (χ1) is 6.81. The van der Waals surface area contributed by atoms with Gasteiger partial charge in [-0.3, -0.25) is 4.90 Å². The first kappa shape index (κ1) is 9.69. The van der Waals surface area contributed by atoms with Gasteiger partial charge in [0.25, 0.3) is 0 Å². The Morgan fingerprint density at radius 1 is 1.29 bits per heavy atom. The number of likely N-dealkylation sites (tertiary alicyclic amines) is 1. The van der Waals surface area contributed by atoms with Crippen molar-refractivity contribution in [1.82, 2.24) is 4.90 Å². The van der Waals surface area contributed by atoms with E-state index in [1.165, 1.54) is 12.0 Å². The van der Waals surface area contributed by atoms with Crippen molar-refractivity contribution in [1.29, 1.82) is 0 Å². The maximum Gasteiger partial charge on any atom is 0.133 e. The highest BCUT2D eigenvalue weighted by Crippen LogP contribution is 2.23. The molecule has 1 fully saturated rings. The van der Waals surface area contributed by atoms with Crippen LogP contribution < -0.4 is 0 Å². The van der Waals surface area contributed by atoms with E-state index < -0.39 is 6.23 Å². The Labute approximate surface area is 85.2 Å². The number of aryl methyl sites for hydroxylation is 1. The zero-order chi connectivity index (χ0) is 9.97. The van der Waals surface area contributed by atoms with E-state index in [4.69, 9.17) is 0 Å². The lowest BCUT2D eigenvalue weighted by Gasteiger charge is -2.35. The van der Waals surface area contributed by atoms with Gasteiger partial charge in [0.1, 0.15) is 6.23 Å². The smallest absolute Gasteiger partial charge is 0.133 e. The maximum absolute atomic E-state index is 9.93. The SMILES string of the molecule is CCc1ccc(C(O)N2CCC2)cc1. The van der Waals surface area contributed by atoms with Gasteiger partial charge in [0.15, 0.2) is 0 Å². The van der Waals surface area contributed by atoms with E-state index >= 15 is 0 Å². The van der Waals surface area contributed by atoms with E-state index in [2.05, 4.69) is 24.0 Å². The van der Waals surface area contributed by atoms with Gasteiger partial charge in [-0.15, -0.1) is 0 Å². The van der Waals surface area contributed by atoms with Crippen LogP contribution in [0.1, 0.15) is 30.7 Å². The lowest BCUT2D eigenvalue weighted by Crippen LogP contribution is -2.40. The lowest BCUT2D eigenvalue weighted by atomic mass is 10.1. The van der Waals surface area contributed by atoms with Gasteiger partial charge in [-0.25, -0.2) is 0 Å². The van der Waals surface area contributed by atoms with Crippen LogP contribution in [-0.2, 0) is 6.42 Å². The Balaban J connectivity index is 2.07. The maximum atomic E-state index is 9.93. The van der Waals surface area contributed by atoms with Gasteiger partial charge in [0.2, 0.25) is 0 Å². The second kappa shape index (κ2) is 4.11. The van der Waals surface area contributed by atoms with Gasteiger partial charge in [0.05, 0.1) is 0 Å². The molecule has 1 atom stereocenters. The van der Waals surface area contributed by atoms with Crippen LogP contribution in [0, 0.1) is 0 Å². The zero-order valence-corrected chi connectivity index (χ0v) is 8.61. The van der Waals surface area contributed by atoms with E-state index in [0.29, 0.717) is 0 Å². The number of aliphatic hydroxyl groups is 1. The highest BCUT2D eigenvalue weighted by molar-refractivity contribution is 5.24. The second-order valence-corrected chi connectivity index (χ2v) is 3.86. The predicted octanol–water partition coefficient (Wildman–Crippen LogP) is 1.95. The molecule has 1 heterocycles. The predicted molar refractivity (Wildman–Crippen MR) is 57.0 cm³/mol. The molecule has 1 aliphatic heterocycles. The monoisotopic (exact) mass is 191 g/mol. The standard InChI is InChI=1S/C12H17NO/c1-2-10-4-6-11(7-5-10)12(14)13-8-3-9-13/h4-7,12,14H,2-3,8-9H2,1H3. The zero-order valence-electron chi connectivity index (χ0n) is 8.61. The van der Waals surface area contributed by atoms with Crippen LogP contribution in [0.2, 0.25) is 0 Å². The normalized spacial score (nSPS) is 19.0. The molecule has 1 aromatic rings. The molecule has 1 N–H and O–H groups in total. The summed E-state index contributed by atoms with van der Waals surface area (Å²) >= 11 is 0. The van der Waals surface area contributed by atoms with Crippen molar-refractivity contribution in [3.63, 3.8) is 0 Å². The van der Waals surface area contributed by atoms with Crippen LogP contribution in [0.3, 0.4) is 0 Å². The molecular weight excluding hydrogens is 174 g/mol. The summed E-state index contributed by atoms with van der Waals surface area (Å²) in [7, 11) is 0. The topological polar surface area (TPSA) is 23.5 Å². The first-order valence-corrected chi connectivity index (χ1v) is 5.32. The van der Waals surface area contributed by atoms with Crippen LogP contribution >= 0.6 is 0 Å². The van der Waals surface area contributed by atoms with E-state index in [9.17, 15) is 5.11 Å². The molecule has 1 unspecified atom stereocenters. The van der Waals surface area contributed by atoms with E-state index in [0.717, 1.165) is 25.1 Å². The average Bonchev–Trinajstić information content (AvgIpc) is 2.15. The van der Waals surface area contributed by atoms with Crippen LogP contribution in [0.25, 0.3) is 0 Å². The highest BCUT2D eigenvalue weighted by atomic mass is 16.3. The molecule has 0 radical (unpaired) electrons. The Bertz CT molecular complexity index is 290. The third-order valence-corrected chi connectivity index (χ3v) is 2.92. The van der Waals surface area contributed by atoms with Gasteiger partial charge in [-0.05, 0) is 24.0 Å². The number of aliphatic hydroxyl groups excluding tert-OH is 1. The summed E-state index contributed by atoms with van der Waals surface area (Å²) in [6, 6.07) is 8.25. The van der Waals surface area contributed by atoms with Gasteiger partial charge in [0, 0.05) is 13.1 Å². The fraction of sp³-hybridized carbons (Fsp3) is 0.500. The summed E-state index contributed by atoms with van der Waals surface area (Å²) in [5.41, 5.74) is 2.34. The minimum absolute atomic E-state index is 0.394. The number of hydrogen-bond acceptors (Lipinski definition) is 2. The quantitative estimate of drug-likeness (QED) is 0.789. The van der Waals surface area contributed by atoms with Crippen molar-refractivity contribution in [3.8, 4) is 0 Å². The second-order valence-electron chi connectivity index (χ2n) is 3.86. The molecule has 0 bridgehead atoms. The third kappa shape index (κ3) is 1.81. The van der Waals surface area contributed by atoms with Crippen molar-refractivity contribution in [2.45, 2.75) is 26.0 Å². The summed E-state index contributed by atoms with van der Waals surface area (Å²) in [6.45, 7) is 4.19. The number of nitrogens with zero attached hydrogens (tertiary/aromatic N) is 1. The Morgan fingerprint density at radius 3 is 2.36 bits per heavy atom. The lowest BCUT2D eigenvalue weighted by molar-refractivity contribution is -0.0365. The van der Waals surface area contributed by atoms with Crippen LogP contribution in [0.15, 0.2) is 24.3 Å². The van der Waals surface area contributed by atoms with E-state index in [1.54, 1.807) is 0 Å². The van der Waals surface area contributed by atoms with Gasteiger partial charge in [-0.1, -0.05) is 31.2 Å². The molecule has 1 aromatic carbocycles. The van der Waals surface area contributed by atoms with Crippen LogP contribution in [-0.4, -0.2) is 23.1 Å². The molecule has 0 amide bonds. The fourth-order valence-electron chi connectivity index (χ4n) is 1.72. The van der Waals surface area contributed by atoms with Gasteiger partial charge < -0.3 is 5.11 Å². The molecule has 0 saturated carbocycles. The van der Waals surface area contributed by atoms with E-state index in [-0.39, 0.29) is 0 Å². The molecule has 2 rings (SSSR count). The summed E-state index contributed by atoms with van der Waals surface area (Å²) < 4.78 is 0. The summed E-state index contributed by atoms with van der Waals surface area (Å²) in [5.74, 6) is 0. The van der Waals surface area contributed by atoms with Crippen molar-refractivity contribution < 1.29 is 5.11 Å². The number of hydrogen-bond donors (Lipinski definition) is 1. The van der Waals surface area contributed by atoms with Crippen LogP contribution in [0.4, 0.5) is 0 Å². The summed E-state index contributed by atoms with van der Waals surface area (Å²) in [5, 5.41) is 9.93. The Morgan fingerprint density at radius 2 is 1.93 bits per heavy atom. The molecule has 1 saturated heterocycles. The van der Waals surface area contributed by atoms with Crippen molar-refractivity contribution >= 4 is 0 Å². The van der Waals surface area contributed by atoms with Gasteiger partial charge in [-0.2, -0.15) is 0 Å². The largest absolute Gasteiger partial charge is 0.374 e. The molecule has 0 spiro atoms. The van der Waals surface area contributed by atoms with Crippen molar-refractivity contribution in [3.05, 3.63) is 35.4 Å². The minimum atomic E-state index is -0.394. The minimum Gasteiger partial charge on any atom is -0.374 e. The van der Waals surface area contributed by atoms with Crippen molar-refractivity contribution in [2.24, 2.45) is 0 Å². The molecule has 2 heteroatoms. The summed E-state index contributed by atoms with van der Waals surface area (Å²) in [4.78, 5) is 2.08. The van der Waals surface area contributed by atoms with Crippen LogP contribution in [0.5, 0.6) is 0 Å². The first-order valence-electron chi connectivity index (χ1n) is 5.32. The molecule has 0 aliphatic carbocycles. The molecule has 0 aromatic heterocycles. The van der Waals surface area contributed by atoms with Crippen molar-refractivity contribution in [2.75, 3.05) is 13.1 Å². The van der Waals surface area contributed by atoms with E-state index in [1.807, 2.05) is 12.1 Å². The molecule has 76 valence electrons. The highest BCUT2D eigenvalue weighted by Gasteiger charge is 2.22. The van der Waals surface area contributed by atoms with Gasteiger partial charge >= 0.3 is 0 Å². The number of rotatable bonds is 3. The third-order valence-electron chi connectivity index (χ3n) is 2.92. The molecule has 1 aliphatic rings. The Kier molecular flexibility index (Phi) is 2.85. The Hall–Kier alpha value is -0.860. The molecule has 14 heavy (non-hydrogen) atoms. The number of benzene rings is 1. The fourth-order valence-corrected chi connectivity index (χ4v) is 1.72. The molecular formula is C12H17NO.